The molecule has 268 valence electrons. The van der Waals surface area contributed by atoms with Crippen molar-refractivity contribution >= 4 is 86.6 Å². The molecule has 16 heteroatoms. The number of carbonyl (C=O) groups is 1. The smallest absolute Gasteiger partial charge is 0.322 e. The number of thiophene rings is 1. The van der Waals surface area contributed by atoms with Gasteiger partial charge in [-0.3, -0.25) is 4.79 Å². The molecule has 5 rings (SSSR count). The van der Waals surface area contributed by atoms with Gasteiger partial charge >= 0.3 is 5.97 Å². The molecule has 0 radical (unpaired) electrons. The summed E-state index contributed by atoms with van der Waals surface area (Å²) in [6.45, 7) is 2.77. The predicted molar refractivity (Wildman–Crippen MR) is 200 cm³/mol. The minimum absolute atomic E-state index is 0.0244. The summed E-state index contributed by atoms with van der Waals surface area (Å²) in [6, 6.07) is 10.7. The number of aromatic nitrogens is 1. The first-order valence-corrected chi connectivity index (χ1v) is 22.2. The van der Waals surface area contributed by atoms with Gasteiger partial charge in [0.05, 0.1) is 4.47 Å². The van der Waals surface area contributed by atoms with Crippen LogP contribution < -0.4 is 9.62 Å². The van der Waals surface area contributed by atoms with Crippen LogP contribution in [0.15, 0.2) is 66.7 Å². The van der Waals surface area contributed by atoms with Crippen molar-refractivity contribution in [2.24, 2.45) is 11.8 Å². The van der Waals surface area contributed by atoms with Gasteiger partial charge < -0.3 is 10.0 Å². The number of nitrogens with zero attached hydrogens (tertiary/aromatic N) is 3. The number of halogens is 3. The van der Waals surface area contributed by atoms with Gasteiger partial charge in [0.1, 0.15) is 25.3 Å². The molecule has 2 saturated heterocycles. The van der Waals surface area contributed by atoms with E-state index >= 15 is 0 Å². The fourth-order valence-corrected chi connectivity index (χ4v) is 12.4. The standard InChI is InChI=1S/C33H41Br2ClN4O6S3/c34-27-21-30(47-31(27)36)49(45,46)40-17-13-24(14-18-40)8-4-1-3-7-23-11-15-39(16-12-23)32-28(35)20-26(22-37-32)48(43,44)38-29(33(41)42)19-25-9-5-2-6-10-25/h2,5-6,9-10,20-24,29,38H,1,3-4,7-8,11-19H2,(H,41,42). The number of pyridine rings is 1. The molecule has 0 aliphatic carbocycles. The molecular formula is C33H41Br2ClN4O6S3. The Morgan fingerprint density at radius 2 is 1.55 bits per heavy atom. The molecule has 2 N–H and O–H groups in total. The third-order valence-corrected chi connectivity index (χ3v) is 16.3. The number of nitrogens with one attached hydrogen (secondary N) is 1. The SMILES string of the molecule is O=C(O)C(Cc1ccccc1)NS(=O)(=O)c1cnc(N2CCC(CCCCCC3CCN(S(=O)(=O)c4cc(Br)c(Cl)s4)CC3)CC2)c(Br)c1. The number of piperidine rings is 2. The number of benzene rings is 1. The summed E-state index contributed by atoms with van der Waals surface area (Å²) in [5, 5.41) is 9.66. The van der Waals surface area contributed by atoms with Crippen LogP contribution in [-0.4, -0.2) is 69.4 Å². The van der Waals surface area contributed by atoms with Gasteiger partial charge in [-0.1, -0.05) is 74.0 Å². The predicted octanol–water partition coefficient (Wildman–Crippen LogP) is 7.56. The van der Waals surface area contributed by atoms with Crippen molar-refractivity contribution in [3.8, 4) is 0 Å². The lowest BCUT2D eigenvalue weighted by Crippen LogP contribution is -2.42. The van der Waals surface area contributed by atoms with Gasteiger partial charge in [-0.15, -0.1) is 11.3 Å². The zero-order valence-electron chi connectivity index (χ0n) is 26.9. The maximum Gasteiger partial charge on any atom is 0.322 e. The summed E-state index contributed by atoms with van der Waals surface area (Å²) in [7, 11) is -7.61. The van der Waals surface area contributed by atoms with Crippen LogP contribution in [0.4, 0.5) is 5.82 Å². The van der Waals surface area contributed by atoms with Crippen LogP contribution in [0.1, 0.15) is 63.4 Å². The highest BCUT2D eigenvalue weighted by atomic mass is 79.9. The number of hydrogen-bond donors (Lipinski definition) is 2. The first-order chi connectivity index (χ1) is 23.3. The van der Waals surface area contributed by atoms with E-state index in [0.29, 0.717) is 48.2 Å². The Morgan fingerprint density at radius 1 is 0.939 bits per heavy atom. The molecule has 3 aromatic rings. The molecule has 4 heterocycles. The highest BCUT2D eigenvalue weighted by Gasteiger charge is 2.31. The van der Waals surface area contributed by atoms with Gasteiger partial charge in [0.15, 0.2) is 0 Å². The molecule has 0 amide bonds. The Balaban J connectivity index is 1.01. The second-order valence-corrected chi connectivity index (χ2v) is 20.0. The molecule has 10 nitrogen and oxygen atoms in total. The Morgan fingerprint density at radius 3 is 2.10 bits per heavy atom. The highest BCUT2D eigenvalue weighted by Crippen LogP contribution is 2.37. The van der Waals surface area contributed by atoms with Gasteiger partial charge in [-0.2, -0.15) is 9.03 Å². The van der Waals surface area contributed by atoms with Crippen LogP contribution in [-0.2, 0) is 31.3 Å². The fraction of sp³-hybridized carbons (Fsp3) is 0.515. The summed E-state index contributed by atoms with van der Waals surface area (Å²) in [5.74, 6) is 0.627. The van der Waals surface area contributed by atoms with Crippen LogP contribution in [0.5, 0.6) is 0 Å². The first-order valence-electron chi connectivity index (χ1n) is 16.5. The van der Waals surface area contributed by atoms with Gasteiger partial charge in [-0.25, -0.2) is 21.8 Å². The van der Waals surface area contributed by atoms with E-state index in [4.69, 9.17) is 11.6 Å². The Bertz CT molecular complexity index is 1780. The van der Waals surface area contributed by atoms with E-state index < -0.39 is 32.1 Å². The molecule has 2 aliphatic heterocycles. The highest BCUT2D eigenvalue weighted by molar-refractivity contribution is 9.11. The normalized spacial score (nSPS) is 17.7. The summed E-state index contributed by atoms with van der Waals surface area (Å²) in [4.78, 5) is 18.4. The number of unbranched alkanes of at least 4 members (excludes halogenated alkanes) is 2. The van der Waals surface area contributed by atoms with E-state index in [1.165, 1.54) is 31.5 Å². The number of rotatable bonds is 15. The quantitative estimate of drug-likeness (QED) is 0.149. The van der Waals surface area contributed by atoms with Crippen molar-refractivity contribution in [3.05, 3.63) is 67.5 Å². The molecular weight excluding hydrogens is 840 g/mol. The topological polar surface area (TPSA) is 137 Å². The zero-order chi connectivity index (χ0) is 35.2. The third kappa shape index (κ3) is 10.3. The van der Waals surface area contributed by atoms with Gasteiger partial charge in [0, 0.05) is 36.8 Å². The summed E-state index contributed by atoms with van der Waals surface area (Å²) in [5.41, 5.74) is 0.717. The molecule has 0 spiro atoms. The number of sulfonamides is 2. The summed E-state index contributed by atoms with van der Waals surface area (Å²) >= 11 is 14.0. The maximum absolute atomic E-state index is 13.1. The van der Waals surface area contributed by atoms with E-state index in [0.717, 1.165) is 68.5 Å². The van der Waals surface area contributed by atoms with E-state index in [2.05, 4.69) is 46.5 Å². The number of carboxylic acid groups (broad SMARTS) is 1. The lowest BCUT2D eigenvalue weighted by Gasteiger charge is -2.33. The first kappa shape index (κ1) is 38.6. The molecule has 49 heavy (non-hydrogen) atoms. The molecule has 2 aromatic heterocycles. The third-order valence-electron chi connectivity index (χ3n) is 9.41. The monoisotopic (exact) mass is 878 g/mol. The molecule has 2 fully saturated rings. The van der Waals surface area contributed by atoms with Gasteiger partial charge in [0.2, 0.25) is 10.0 Å². The van der Waals surface area contributed by atoms with Crippen LogP contribution in [0.3, 0.4) is 0 Å². The van der Waals surface area contributed by atoms with Crippen molar-refractivity contribution in [1.82, 2.24) is 14.0 Å². The molecule has 1 aromatic carbocycles. The van der Waals surface area contributed by atoms with E-state index in [1.807, 2.05) is 6.07 Å². The second kappa shape index (κ2) is 17.3. The van der Waals surface area contributed by atoms with E-state index in [-0.39, 0.29) is 11.3 Å². The number of aliphatic carboxylic acids is 1. The molecule has 2 aliphatic rings. The zero-order valence-corrected chi connectivity index (χ0v) is 33.3. The van der Waals surface area contributed by atoms with Gasteiger partial charge in [0.25, 0.3) is 10.0 Å². The molecule has 0 saturated carbocycles. The second-order valence-electron chi connectivity index (χ2n) is 12.8. The van der Waals surface area contributed by atoms with Crippen molar-refractivity contribution in [2.75, 3.05) is 31.1 Å². The largest absolute Gasteiger partial charge is 0.480 e. The Hall–Kier alpha value is -1.59. The van der Waals surface area contributed by atoms with Crippen molar-refractivity contribution < 1.29 is 26.7 Å². The molecule has 1 unspecified atom stereocenters. The van der Waals surface area contributed by atoms with Crippen LogP contribution in [0, 0.1) is 11.8 Å². The van der Waals surface area contributed by atoms with E-state index in [9.17, 15) is 26.7 Å². The van der Waals surface area contributed by atoms with Crippen LogP contribution >= 0.6 is 54.8 Å². The molecule has 0 bridgehead atoms. The van der Waals surface area contributed by atoms with Gasteiger partial charge in [-0.05, 0) is 93.5 Å². The van der Waals surface area contributed by atoms with Crippen LogP contribution in [0.25, 0.3) is 0 Å². The van der Waals surface area contributed by atoms with Crippen molar-refractivity contribution in [2.45, 2.75) is 79.4 Å². The fourth-order valence-electron chi connectivity index (χ4n) is 6.57. The lowest BCUT2D eigenvalue weighted by molar-refractivity contribution is -0.138. The number of anilines is 1. The maximum atomic E-state index is 13.1. The number of hydrogen-bond acceptors (Lipinski definition) is 8. The Labute approximate surface area is 315 Å². The van der Waals surface area contributed by atoms with Crippen molar-refractivity contribution in [3.63, 3.8) is 0 Å². The number of carboxylic acids is 1. The summed E-state index contributed by atoms with van der Waals surface area (Å²) < 4.78 is 58.0. The average Bonchev–Trinajstić information content (AvgIpc) is 3.43. The Kier molecular flexibility index (Phi) is 13.6. The van der Waals surface area contributed by atoms with Crippen molar-refractivity contribution in [1.29, 1.82) is 0 Å². The minimum atomic E-state index is -4.12. The molecule has 1 atom stereocenters. The van der Waals surface area contributed by atoms with E-state index in [1.54, 1.807) is 34.6 Å². The lowest BCUT2D eigenvalue weighted by atomic mass is 9.89. The summed E-state index contributed by atoms with van der Waals surface area (Å²) in [6.07, 6.45) is 11.0. The minimum Gasteiger partial charge on any atom is -0.480 e. The van der Waals surface area contributed by atoms with Crippen LogP contribution in [0.2, 0.25) is 4.34 Å². The average molecular weight is 881 g/mol.